The zero-order valence-corrected chi connectivity index (χ0v) is 8.89. The van der Waals surface area contributed by atoms with Gasteiger partial charge in [0.1, 0.15) is 0 Å². The highest BCUT2D eigenvalue weighted by atomic mass is 32.2. The molecule has 1 fully saturated rings. The third kappa shape index (κ3) is 2.17. The van der Waals surface area contributed by atoms with Crippen LogP contribution in [0.1, 0.15) is 6.42 Å². The summed E-state index contributed by atoms with van der Waals surface area (Å²) in [7, 11) is -2.81. The van der Waals surface area contributed by atoms with Gasteiger partial charge in [0, 0.05) is 19.6 Å². The summed E-state index contributed by atoms with van der Waals surface area (Å²) in [5.41, 5.74) is 0. The summed E-state index contributed by atoms with van der Waals surface area (Å²) in [6.45, 7) is 3.05. The van der Waals surface area contributed by atoms with E-state index in [-0.39, 0.29) is 5.75 Å². The Morgan fingerprint density at radius 1 is 1.29 bits per heavy atom. The summed E-state index contributed by atoms with van der Waals surface area (Å²) in [5.74, 6) is 1.45. The van der Waals surface area contributed by atoms with Gasteiger partial charge in [-0.1, -0.05) is 0 Å². The van der Waals surface area contributed by atoms with E-state index in [4.69, 9.17) is 0 Å². The molecule has 80 valence electrons. The molecule has 0 aromatic heterocycles. The fourth-order valence-electron chi connectivity index (χ4n) is 1.75. The number of hydrogen-bond acceptors (Lipinski definition) is 5. The lowest BCUT2D eigenvalue weighted by Crippen LogP contribution is -2.40. The summed E-state index contributed by atoms with van der Waals surface area (Å²) in [5, 5.41) is 3.16. The average molecular weight is 217 g/mol. The summed E-state index contributed by atoms with van der Waals surface area (Å²) in [6, 6.07) is 0. The van der Waals surface area contributed by atoms with E-state index < -0.39 is 9.84 Å². The molecular formula is C8H15N3O2S. The molecule has 1 N–H and O–H groups in total. The van der Waals surface area contributed by atoms with Crippen LogP contribution in [0.3, 0.4) is 0 Å². The number of nitrogens with one attached hydrogen (secondary N) is 1. The van der Waals surface area contributed by atoms with Crippen LogP contribution in [0.5, 0.6) is 0 Å². The van der Waals surface area contributed by atoms with Crippen LogP contribution in [0, 0.1) is 0 Å². The Hall–Kier alpha value is -0.780. The Bertz CT molecular complexity index is 336. The molecule has 5 nitrogen and oxygen atoms in total. The highest BCUT2D eigenvalue weighted by Gasteiger charge is 2.22. The molecule has 2 heterocycles. The van der Waals surface area contributed by atoms with Gasteiger partial charge in [-0.25, -0.2) is 8.42 Å². The lowest BCUT2D eigenvalue weighted by atomic mass is 10.4. The van der Waals surface area contributed by atoms with Gasteiger partial charge in [0.2, 0.25) is 0 Å². The summed E-state index contributed by atoms with van der Waals surface area (Å²) >= 11 is 0. The molecule has 0 aliphatic carbocycles. The van der Waals surface area contributed by atoms with Crippen molar-refractivity contribution in [2.45, 2.75) is 6.42 Å². The summed E-state index contributed by atoms with van der Waals surface area (Å²) < 4.78 is 22.7. The van der Waals surface area contributed by atoms with E-state index in [1.54, 1.807) is 0 Å². The highest BCUT2D eigenvalue weighted by Crippen LogP contribution is 2.06. The molecule has 6 heteroatoms. The smallest absolute Gasteiger partial charge is 0.194 e. The summed E-state index contributed by atoms with van der Waals surface area (Å²) in [6.07, 6.45) is 0.711. The third-order valence-electron chi connectivity index (χ3n) is 2.51. The monoisotopic (exact) mass is 217 g/mol. The number of hydrogen-bond donors (Lipinski definition) is 1. The second-order valence-corrected chi connectivity index (χ2v) is 5.93. The Kier molecular flexibility index (Phi) is 2.62. The standard InChI is InChI=1S/C8H15N3O2S/c12-14(13)6-1-4-11(5-7-14)8-9-2-3-10-8/h1-7H2,(H,9,10). The predicted octanol–water partition coefficient (Wildman–Crippen LogP) is -0.934. The molecule has 0 aromatic carbocycles. The van der Waals surface area contributed by atoms with Crippen molar-refractivity contribution >= 4 is 15.8 Å². The fourth-order valence-corrected chi connectivity index (χ4v) is 3.02. The zero-order valence-electron chi connectivity index (χ0n) is 8.07. The van der Waals surface area contributed by atoms with E-state index in [0.29, 0.717) is 18.7 Å². The van der Waals surface area contributed by atoms with Crippen molar-refractivity contribution in [1.29, 1.82) is 0 Å². The normalized spacial score (nSPS) is 26.6. The van der Waals surface area contributed by atoms with E-state index in [1.165, 1.54) is 0 Å². The molecule has 2 rings (SSSR count). The molecule has 0 atom stereocenters. The molecule has 0 aromatic rings. The van der Waals surface area contributed by atoms with E-state index in [9.17, 15) is 8.42 Å². The molecule has 0 bridgehead atoms. The van der Waals surface area contributed by atoms with E-state index >= 15 is 0 Å². The molecule has 0 saturated carbocycles. The third-order valence-corrected chi connectivity index (χ3v) is 4.23. The first-order valence-corrected chi connectivity index (χ1v) is 6.73. The lowest BCUT2D eigenvalue weighted by Gasteiger charge is -2.21. The van der Waals surface area contributed by atoms with Crippen LogP contribution in [-0.2, 0) is 9.84 Å². The maximum absolute atomic E-state index is 11.3. The topological polar surface area (TPSA) is 61.8 Å². The molecule has 0 spiro atoms. The maximum Gasteiger partial charge on any atom is 0.194 e. The SMILES string of the molecule is O=S1(=O)CCCN(C2=NCCN2)CC1. The second kappa shape index (κ2) is 3.76. The minimum Gasteiger partial charge on any atom is -0.354 e. The molecule has 2 aliphatic rings. The van der Waals surface area contributed by atoms with Gasteiger partial charge >= 0.3 is 0 Å². The van der Waals surface area contributed by atoms with Crippen LogP contribution in [-0.4, -0.2) is 57.0 Å². The molecular weight excluding hydrogens is 202 g/mol. The average Bonchev–Trinajstić information content (AvgIpc) is 2.58. The van der Waals surface area contributed by atoms with Crippen LogP contribution >= 0.6 is 0 Å². The molecule has 14 heavy (non-hydrogen) atoms. The van der Waals surface area contributed by atoms with Crippen LogP contribution in [0.15, 0.2) is 4.99 Å². The Morgan fingerprint density at radius 2 is 2.14 bits per heavy atom. The van der Waals surface area contributed by atoms with E-state index in [1.807, 2.05) is 4.90 Å². The number of sulfone groups is 1. The van der Waals surface area contributed by atoms with Gasteiger partial charge in [-0.3, -0.25) is 4.99 Å². The number of rotatable bonds is 0. The van der Waals surface area contributed by atoms with Crippen LogP contribution in [0.4, 0.5) is 0 Å². The first-order chi connectivity index (χ1) is 6.67. The molecule has 0 unspecified atom stereocenters. The van der Waals surface area contributed by atoms with Gasteiger partial charge in [0.15, 0.2) is 15.8 Å². The van der Waals surface area contributed by atoms with Gasteiger partial charge < -0.3 is 10.2 Å². The van der Waals surface area contributed by atoms with E-state index in [0.717, 1.165) is 25.6 Å². The minimum absolute atomic E-state index is 0.258. The molecule has 0 radical (unpaired) electrons. The van der Waals surface area contributed by atoms with Gasteiger partial charge in [-0.2, -0.15) is 0 Å². The highest BCUT2D eigenvalue weighted by molar-refractivity contribution is 7.91. The molecule has 1 saturated heterocycles. The maximum atomic E-state index is 11.3. The van der Waals surface area contributed by atoms with Crippen molar-refractivity contribution in [1.82, 2.24) is 10.2 Å². The van der Waals surface area contributed by atoms with Crippen molar-refractivity contribution in [2.24, 2.45) is 4.99 Å². The zero-order chi connectivity index (χ0) is 10.0. The minimum atomic E-state index is -2.81. The Labute approximate surface area is 84.1 Å². The quantitative estimate of drug-likeness (QED) is 0.569. The van der Waals surface area contributed by atoms with Crippen molar-refractivity contribution in [3.05, 3.63) is 0 Å². The number of aliphatic imine (C=N–C) groups is 1. The van der Waals surface area contributed by atoms with Crippen molar-refractivity contribution in [2.75, 3.05) is 37.7 Å². The first kappa shape index (κ1) is 9.76. The predicted molar refractivity (Wildman–Crippen MR) is 55.1 cm³/mol. The second-order valence-electron chi connectivity index (χ2n) is 3.62. The molecule has 0 amide bonds. The Balaban J connectivity index is 2.02. The van der Waals surface area contributed by atoms with Crippen LogP contribution < -0.4 is 5.32 Å². The van der Waals surface area contributed by atoms with Gasteiger partial charge in [-0.05, 0) is 6.42 Å². The van der Waals surface area contributed by atoms with Crippen LogP contribution in [0.2, 0.25) is 0 Å². The largest absolute Gasteiger partial charge is 0.354 e. The number of nitrogens with zero attached hydrogens (tertiary/aromatic N) is 2. The van der Waals surface area contributed by atoms with E-state index in [2.05, 4.69) is 10.3 Å². The molecule has 2 aliphatic heterocycles. The van der Waals surface area contributed by atoms with Gasteiger partial charge in [0.25, 0.3) is 0 Å². The first-order valence-electron chi connectivity index (χ1n) is 4.91. The van der Waals surface area contributed by atoms with Crippen molar-refractivity contribution < 1.29 is 8.42 Å². The van der Waals surface area contributed by atoms with Crippen LogP contribution in [0.25, 0.3) is 0 Å². The Morgan fingerprint density at radius 3 is 2.86 bits per heavy atom. The number of guanidine groups is 1. The lowest BCUT2D eigenvalue weighted by molar-refractivity contribution is 0.438. The summed E-state index contributed by atoms with van der Waals surface area (Å²) in [4.78, 5) is 6.32. The fraction of sp³-hybridized carbons (Fsp3) is 0.875. The van der Waals surface area contributed by atoms with Crippen molar-refractivity contribution in [3.63, 3.8) is 0 Å². The van der Waals surface area contributed by atoms with Crippen molar-refractivity contribution in [3.8, 4) is 0 Å². The van der Waals surface area contributed by atoms with Gasteiger partial charge in [0.05, 0.1) is 18.1 Å². The van der Waals surface area contributed by atoms with Gasteiger partial charge in [-0.15, -0.1) is 0 Å².